The standard InChI is InChI=1S/C16H25NO2/c1-5-19-15-10-14(16(15,2)3)17-13-9-7-6-8-12(13)11-18-4/h6-9,14-15,17H,5,10-11H2,1-4H3. The smallest absolute Gasteiger partial charge is 0.0733 e. The molecule has 2 atom stereocenters. The molecule has 0 bridgehead atoms. The highest BCUT2D eigenvalue weighted by Crippen LogP contribution is 2.44. The zero-order chi connectivity index (χ0) is 13.9. The molecule has 0 aliphatic heterocycles. The van der Waals surface area contributed by atoms with Gasteiger partial charge in [-0.15, -0.1) is 0 Å². The zero-order valence-electron chi connectivity index (χ0n) is 12.4. The van der Waals surface area contributed by atoms with Crippen LogP contribution in [-0.4, -0.2) is 25.9 Å². The van der Waals surface area contributed by atoms with Gasteiger partial charge in [-0.25, -0.2) is 0 Å². The Morgan fingerprint density at radius 2 is 2.05 bits per heavy atom. The van der Waals surface area contributed by atoms with Crippen molar-refractivity contribution in [2.75, 3.05) is 19.0 Å². The fourth-order valence-corrected chi connectivity index (χ4v) is 2.74. The summed E-state index contributed by atoms with van der Waals surface area (Å²) in [6.45, 7) is 8.04. The molecule has 1 fully saturated rings. The first kappa shape index (κ1) is 14.4. The third kappa shape index (κ3) is 2.93. The van der Waals surface area contributed by atoms with Crippen LogP contribution in [0.15, 0.2) is 24.3 Å². The Morgan fingerprint density at radius 1 is 1.32 bits per heavy atom. The van der Waals surface area contributed by atoms with Crippen LogP contribution in [0, 0.1) is 5.41 Å². The summed E-state index contributed by atoms with van der Waals surface area (Å²) in [4.78, 5) is 0. The number of anilines is 1. The van der Waals surface area contributed by atoms with Crippen molar-refractivity contribution in [3.05, 3.63) is 29.8 Å². The SMILES string of the molecule is CCOC1CC(Nc2ccccc2COC)C1(C)C. The number of benzene rings is 1. The monoisotopic (exact) mass is 263 g/mol. The van der Waals surface area contributed by atoms with Crippen molar-refractivity contribution in [3.63, 3.8) is 0 Å². The van der Waals surface area contributed by atoms with Gasteiger partial charge in [-0.05, 0) is 19.4 Å². The molecule has 2 rings (SSSR count). The summed E-state index contributed by atoms with van der Waals surface area (Å²) in [5.41, 5.74) is 2.56. The van der Waals surface area contributed by atoms with Crippen LogP contribution in [0.25, 0.3) is 0 Å². The van der Waals surface area contributed by atoms with Gasteiger partial charge in [0, 0.05) is 36.4 Å². The van der Waals surface area contributed by atoms with E-state index in [2.05, 4.69) is 50.4 Å². The van der Waals surface area contributed by atoms with Crippen molar-refractivity contribution in [3.8, 4) is 0 Å². The number of hydrogen-bond donors (Lipinski definition) is 1. The lowest BCUT2D eigenvalue weighted by molar-refractivity contribution is -0.0976. The second-order valence-electron chi connectivity index (χ2n) is 5.79. The Labute approximate surface area is 116 Å². The molecule has 0 aromatic heterocycles. The maximum atomic E-state index is 5.77. The molecule has 3 heteroatoms. The Hall–Kier alpha value is -1.06. The van der Waals surface area contributed by atoms with Gasteiger partial charge >= 0.3 is 0 Å². The quantitative estimate of drug-likeness (QED) is 0.852. The number of ether oxygens (including phenoxy) is 2. The molecular formula is C16H25NO2. The van der Waals surface area contributed by atoms with Crippen LogP contribution in [-0.2, 0) is 16.1 Å². The average molecular weight is 263 g/mol. The lowest BCUT2D eigenvalue weighted by Crippen LogP contribution is -2.58. The van der Waals surface area contributed by atoms with Crippen molar-refractivity contribution < 1.29 is 9.47 Å². The minimum Gasteiger partial charge on any atom is -0.381 e. The predicted octanol–water partition coefficient (Wildman–Crippen LogP) is 3.45. The Kier molecular flexibility index (Phi) is 4.48. The lowest BCUT2D eigenvalue weighted by Gasteiger charge is -2.52. The second kappa shape index (κ2) is 5.93. The fourth-order valence-electron chi connectivity index (χ4n) is 2.74. The van der Waals surface area contributed by atoms with E-state index in [1.165, 1.54) is 11.3 Å². The van der Waals surface area contributed by atoms with E-state index in [1.807, 2.05) is 0 Å². The van der Waals surface area contributed by atoms with Crippen molar-refractivity contribution in [2.45, 2.75) is 45.9 Å². The zero-order valence-corrected chi connectivity index (χ0v) is 12.4. The van der Waals surface area contributed by atoms with Gasteiger partial charge in [-0.2, -0.15) is 0 Å². The lowest BCUT2D eigenvalue weighted by atomic mass is 9.64. The molecule has 3 nitrogen and oxygen atoms in total. The van der Waals surface area contributed by atoms with Gasteiger partial charge in [0.2, 0.25) is 0 Å². The molecule has 19 heavy (non-hydrogen) atoms. The van der Waals surface area contributed by atoms with Gasteiger partial charge in [0.1, 0.15) is 0 Å². The average Bonchev–Trinajstić information content (AvgIpc) is 2.40. The number of rotatable bonds is 6. The van der Waals surface area contributed by atoms with Gasteiger partial charge in [-0.1, -0.05) is 32.0 Å². The minimum absolute atomic E-state index is 0.177. The highest BCUT2D eigenvalue weighted by atomic mass is 16.5. The first-order valence-electron chi connectivity index (χ1n) is 7.04. The largest absolute Gasteiger partial charge is 0.381 e. The third-order valence-corrected chi connectivity index (χ3v) is 4.19. The topological polar surface area (TPSA) is 30.5 Å². The highest BCUT2D eigenvalue weighted by molar-refractivity contribution is 5.52. The molecule has 1 saturated carbocycles. The van der Waals surface area contributed by atoms with Crippen molar-refractivity contribution in [2.24, 2.45) is 5.41 Å². The molecule has 0 radical (unpaired) electrons. The number of para-hydroxylation sites is 1. The summed E-state index contributed by atoms with van der Waals surface area (Å²) in [5.74, 6) is 0. The van der Waals surface area contributed by atoms with Crippen LogP contribution in [0.2, 0.25) is 0 Å². The summed E-state index contributed by atoms with van der Waals surface area (Å²) in [5, 5.41) is 3.65. The molecule has 1 aliphatic carbocycles. The van der Waals surface area contributed by atoms with Gasteiger partial charge in [-0.3, -0.25) is 0 Å². The Bertz CT molecular complexity index is 417. The van der Waals surface area contributed by atoms with Gasteiger partial charge < -0.3 is 14.8 Å². The van der Waals surface area contributed by atoms with E-state index >= 15 is 0 Å². The number of methoxy groups -OCH3 is 1. The molecule has 1 aromatic rings. The maximum Gasteiger partial charge on any atom is 0.0733 e. The van der Waals surface area contributed by atoms with Gasteiger partial charge in [0.25, 0.3) is 0 Å². The van der Waals surface area contributed by atoms with Crippen LogP contribution in [0.1, 0.15) is 32.8 Å². The second-order valence-corrected chi connectivity index (χ2v) is 5.79. The first-order valence-corrected chi connectivity index (χ1v) is 7.04. The number of hydrogen-bond acceptors (Lipinski definition) is 3. The first-order chi connectivity index (χ1) is 9.09. The van der Waals surface area contributed by atoms with Crippen LogP contribution in [0.4, 0.5) is 5.69 Å². The molecule has 2 unspecified atom stereocenters. The van der Waals surface area contributed by atoms with E-state index in [0.29, 0.717) is 18.8 Å². The van der Waals surface area contributed by atoms with Crippen molar-refractivity contribution >= 4 is 5.69 Å². The fraction of sp³-hybridized carbons (Fsp3) is 0.625. The summed E-state index contributed by atoms with van der Waals surface area (Å²) >= 11 is 0. The summed E-state index contributed by atoms with van der Waals surface area (Å²) < 4.78 is 11.0. The molecule has 0 spiro atoms. The van der Waals surface area contributed by atoms with E-state index in [1.54, 1.807) is 7.11 Å². The molecule has 1 N–H and O–H groups in total. The third-order valence-electron chi connectivity index (χ3n) is 4.19. The Balaban J connectivity index is 2.03. The van der Waals surface area contributed by atoms with Crippen LogP contribution >= 0.6 is 0 Å². The molecule has 0 heterocycles. The van der Waals surface area contributed by atoms with E-state index in [4.69, 9.17) is 9.47 Å². The van der Waals surface area contributed by atoms with E-state index < -0.39 is 0 Å². The number of nitrogens with one attached hydrogen (secondary N) is 1. The van der Waals surface area contributed by atoms with Gasteiger partial charge in [0.05, 0.1) is 12.7 Å². The molecular weight excluding hydrogens is 238 g/mol. The van der Waals surface area contributed by atoms with E-state index in [-0.39, 0.29) is 5.41 Å². The highest BCUT2D eigenvalue weighted by Gasteiger charge is 2.48. The minimum atomic E-state index is 0.177. The maximum absolute atomic E-state index is 5.77. The summed E-state index contributed by atoms with van der Waals surface area (Å²) in [6.07, 6.45) is 1.44. The molecule has 1 aliphatic rings. The van der Waals surface area contributed by atoms with Crippen LogP contribution in [0.5, 0.6) is 0 Å². The Morgan fingerprint density at radius 3 is 2.68 bits per heavy atom. The summed E-state index contributed by atoms with van der Waals surface area (Å²) in [7, 11) is 1.73. The molecule has 0 amide bonds. The van der Waals surface area contributed by atoms with Gasteiger partial charge in [0.15, 0.2) is 0 Å². The molecule has 1 aromatic carbocycles. The molecule has 0 saturated heterocycles. The normalized spacial score (nSPS) is 24.8. The van der Waals surface area contributed by atoms with Crippen LogP contribution < -0.4 is 5.32 Å². The summed E-state index contributed by atoms with van der Waals surface area (Å²) in [6, 6.07) is 8.81. The predicted molar refractivity (Wildman–Crippen MR) is 78.4 cm³/mol. The van der Waals surface area contributed by atoms with Crippen molar-refractivity contribution in [1.82, 2.24) is 0 Å². The van der Waals surface area contributed by atoms with E-state index in [9.17, 15) is 0 Å². The molecule has 106 valence electrons. The van der Waals surface area contributed by atoms with Crippen molar-refractivity contribution in [1.29, 1.82) is 0 Å². The van der Waals surface area contributed by atoms with E-state index in [0.717, 1.165) is 13.0 Å². The van der Waals surface area contributed by atoms with Crippen LogP contribution in [0.3, 0.4) is 0 Å².